The predicted molar refractivity (Wildman–Crippen MR) is 147 cm³/mol. The van der Waals surface area contributed by atoms with Crippen LogP contribution in [0, 0.1) is 17.5 Å². The Morgan fingerprint density at radius 1 is 1.10 bits per heavy atom. The number of nitrogens with zero attached hydrogens (tertiary/aromatic N) is 4. The number of benzene rings is 2. The highest BCUT2D eigenvalue weighted by molar-refractivity contribution is 9.10. The first-order valence-corrected chi connectivity index (χ1v) is 14.4. The molecule has 0 amide bonds. The predicted octanol–water partition coefficient (Wildman–Crippen LogP) is 6.36. The number of pyridine rings is 1. The summed E-state index contributed by atoms with van der Waals surface area (Å²) in [6, 6.07) is 12.3. The van der Waals surface area contributed by atoms with Crippen LogP contribution in [0.25, 0.3) is 11.3 Å². The SMILES string of the molecule is COC1C(Sc2cc(Cl)cnc2Br)OC2COC(c3ccccc3)OC2C1n1cc(-c2cc(F)c(F)c(F)c2)nn1. The second kappa shape index (κ2) is 12.0. The fraction of sp³-hybridized carbons (Fsp3) is 0.296. The Morgan fingerprint density at radius 2 is 1.85 bits per heavy atom. The molecule has 14 heteroatoms. The lowest BCUT2D eigenvalue weighted by Gasteiger charge is -2.48. The van der Waals surface area contributed by atoms with Crippen LogP contribution in [0.3, 0.4) is 0 Å². The molecule has 4 aromatic rings. The van der Waals surface area contributed by atoms with Gasteiger partial charge in [-0.05, 0) is 34.1 Å². The zero-order valence-electron chi connectivity index (χ0n) is 21.2. The Bertz CT molecular complexity index is 1530. The monoisotopic (exact) mass is 668 g/mol. The lowest BCUT2D eigenvalue weighted by molar-refractivity contribution is -0.308. The van der Waals surface area contributed by atoms with Gasteiger partial charge in [0.05, 0.1) is 17.8 Å². The Kier molecular flexibility index (Phi) is 8.37. The summed E-state index contributed by atoms with van der Waals surface area (Å²) in [4.78, 5) is 4.98. The van der Waals surface area contributed by atoms with Gasteiger partial charge in [0.25, 0.3) is 0 Å². The lowest BCUT2D eigenvalue weighted by Crippen LogP contribution is -2.59. The van der Waals surface area contributed by atoms with E-state index in [1.165, 1.54) is 35.9 Å². The molecule has 214 valence electrons. The molecule has 6 rings (SSSR count). The molecular formula is C27H21BrClF3N4O4S. The van der Waals surface area contributed by atoms with E-state index in [-0.39, 0.29) is 17.9 Å². The van der Waals surface area contributed by atoms with Crippen molar-refractivity contribution in [2.24, 2.45) is 0 Å². The highest BCUT2D eigenvalue weighted by Gasteiger charge is 2.52. The van der Waals surface area contributed by atoms with E-state index in [0.29, 0.717) is 9.63 Å². The molecule has 0 aliphatic carbocycles. The summed E-state index contributed by atoms with van der Waals surface area (Å²) in [6.07, 6.45) is 0.545. The average Bonchev–Trinajstić information content (AvgIpc) is 3.47. The molecule has 6 atom stereocenters. The maximum absolute atomic E-state index is 14.0. The molecule has 0 N–H and O–H groups in total. The van der Waals surface area contributed by atoms with Crippen LogP contribution in [-0.4, -0.2) is 57.4 Å². The average molecular weight is 670 g/mol. The van der Waals surface area contributed by atoms with E-state index >= 15 is 0 Å². The van der Waals surface area contributed by atoms with Gasteiger partial charge in [-0.25, -0.2) is 22.8 Å². The van der Waals surface area contributed by atoms with Crippen LogP contribution >= 0.6 is 39.3 Å². The van der Waals surface area contributed by atoms with Crippen molar-refractivity contribution in [1.82, 2.24) is 20.0 Å². The topological polar surface area (TPSA) is 80.5 Å². The molecule has 6 unspecified atom stereocenters. The zero-order chi connectivity index (χ0) is 28.7. The maximum Gasteiger partial charge on any atom is 0.194 e. The van der Waals surface area contributed by atoms with Gasteiger partial charge in [0.2, 0.25) is 0 Å². The third kappa shape index (κ3) is 5.76. The van der Waals surface area contributed by atoms with Gasteiger partial charge in [0.1, 0.15) is 40.1 Å². The summed E-state index contributed by atoms with van der Waals surface area (Å²) in [6.45, 7) is 0.207. The molecule has 0 radical (unpaired) electrons. The van der Waals surface area contributed by atoms with Crippen LogP contribution in [0.1, 0.15) is 17.9 Å². The van der Waals surface area contributed by atoms with Crippen LogP contribution in [0.5, 0.6) is 0 Å². The molecule has 2 fully saturated rings. The van der Waals surface area contributed by atoms with Crippen LogP contribution in [0.4, 0.5) is 13.2 Å². The maximum atomic E-state index is 14.0. The lowest BCUT2D eigenvalue weighted by atomic mass is 9.95. The molecule has 2 aliphatic heterocycles. The second-order valence-electron chi connectivity index (χ2n) is 9.31. The number of ether oxygens (including phenoxy) is 4. The van der Waals surface area contributed by atoms with Gasteiger partial charge in [-0.15, -0.1) is 5.10 Å². The van der Waals surface area contributed by atoms with Crippen molar-refractivity contribution in [2.75, 3.05) is 13.7 Å². The summed E-state index contributed by atoms with van der Waals surface area (Å²) < 4.78 is 68.6. The first-order valence-electron chi connectivity index (χ1n) is 12.4. The number of thioether (sulfide) groups is 1. The van der Waals surface area contributed by atoms with Crippen molar-refractivity contribution in [2.45, 2.75) is 41.0 Å². The van der Waals surface area contributed by atoms with Crippen molar-refractivity contribution in [1.29, 1.82) is 0 Å². The van der Waals surface area contributed by atoms with Gasteiger partial charge in [0, 0.05) is 29.3 Å². The molecule has 2 saturated heterocycles. The third-order valence-corrected chi connectivity index (χ3v) is 9.04. The second-order valence-corrected chi connectivity index (χ2v) is 11.6. The minimum atomic E-state index is -1.56. The van der Waals surface area contributed by atoms with Gasteiger partial charge in [-0.2, -0.15) is 0 Å². The van der Waals surface area contributed by atoms with E-state index in [4.69, 9.17) is 30.5 Å². The number of halogens is 5. The Morgan fingerprint density at radius 3 is 2.59 bits per heavy atom. The third-order valence-electron chi connectivity index (χ3n) is 6.77. The normalized spacial score (nSPS) is 26.1. The van der Waals surface area contributed by atoms with Crippen molar-refractivity contribution in [3.05, 3.63) is 93.6 Å². The number of rotatable bonds is 6. The number of hydrogen-bond donors (Lipinski definition) is 0. The molecule has 0 saturated carbocycles. The van der Waals surface area contributed by atoms with Crippen LogP contribution in [-0.2, 0) is 18.9 Å². The molecule has 0 bridgehead atoms. The number of methoxy groups -OCH3 is 1. The molecule has 2 aliphatic rings. The summed E-state index contributed by atoms with van der Waals surface area (Å²) in [7, 11) is 1.54. The van der Waals surface area contributed by atoms with Gasteiger partial charge >= 0.3 is 0 Å². The van der Waals surface area contributed by atoms with E-state index < -0.39 is 53.5 Å². The van der Waals surface area contributed by atoms with Gasteiger partial charge in [0.15, 0.2) is 23.7 Å². The number of hydrogen-bond acceptors (Lipinski definition) is 8. The van der Waals surface area contributed by atoms with Crippen molar-refractivity contribution in [3.63, 3.8) is 0 Å². The van der Waals surface area contributed by atoms with Gasteiger partial charge in [-0.1, -0.05) is 58.9 Å². The summed E-state index contributed by atoms with van der Waals surface area (Å²) >= 11 is 11.0. The first kappa shape index (κ1) is 28.6. The van der Waals surface area contributed by atoms with Gasteiger partial charge < -0.3 is 18.9 Å². The van der Waals surface area contributed by atoms with E-state index in [1.807, 2.05) is 30.3 Å². The smallest absolute Gasteiger partial charge is 0.194 e. The van der Waals surface area contributed by atoms with Crippen molar-refractivity contribution < 1.29 is 32.1 Å². The van der Waals surface area contributed by atoms with Crippen LogP contribution in [0.15, 0.2) is 70.4 Å². The molecule has 2 aromatic heterocycles. The Hall–Kier alpha value is -2.52. The molecular weight excluding hydrogens is 649 g/mol. The minimum Gasteiger partial charge on any atom is -0.375 e. The largest absolute Gasteiger partial charge is 0.375 e. The number of aromatic nitrogens is 4. The van der Waals surface area contributed by atoms with Crippen molar-refractivity contribution >= 4 is 39.3 Å². The minimum absolute atomic E-state index is 0.0279. The first-order chi connectivity index (χ1) is 19.8. The van der Waals surface area contributed by atoms with E-state index in [2.05, 4.69) is 31.2 Å². The Labute approximate surface area is 250 Å². The van der Waals surface area contributed by atoms with Gasteiger partial charge in [-0.3, -0.25) is 0 Å². The van der Waals surface area contributed by atoms with E-state index in [1.54, 1.807) is 6.07 Å². The highest BCUT2D eigenvalue weighted by Crippen LogP contribution is 2.45. The van der Waals surface area contributed by atoms with Crippen LogP contribution < -0.4 is 0 Å². The van der Waals surface area contributed by atoms with E-state index in [0.717, 1.165) is 22.6 Å². The number of fused-ring (bicyclic) bond motifs is 1. The summed E-state index contributed by atoms with van der Waals surface area (Å²) in [5, 5.41) is 8.85. The molecule has 2 aromatic carbocycles. The fourth-order valence-electron chi connectivity index (χ4n) is 4.86. The molecule has 4 heterocycles. The fourth-order valence-corrected chi connectivity index (χ4v) is 6.78. The molecule has 0 spiro atoms. The van der Waals surface area contributed by atoms with E-state index in [9.17, 15) is 13.2 Å². The standard InChI is InChI=1S/C27H21BrClF3N4O4S/c1-37-24-22(36-11-18(34-35-36)14-7-16(30)21(32)17(31)8-14)23-19(12-38-26(40-23)13-5-3-2-4-6-13)39-27(24)41-20-9-15(29)10-33-25(20)28/h2-11,19,22-24,26-27H,12H2,1H3. The molecule has 8 nitrogen and oxygen atoms in total. The quantitative estimate of drug-likeness (QED) is 0.173. The molecule has 41 heavy (non-hydrogen) atoms. The van der Waals surface area contributed by atoms with Crippen molar-refractivity contribution in [3.8, 4) is 11.3 Å². The highest BCUT2D eigenvalue weighted by atomic mass is 79.9. The zero-order valence-corrected chi connectivity index (χ0v) is 24.3. The van der Waals surface area contributed by atoms with Crippen LogP contribution in [0.2, 0.25) is 5.02 Å². The summed E-state index contributed by atoms with van der Waals surface area (Å²) in [5.74, 6) is -4.21. The Balaban J connectivity index is 1.38. The summed E-state index contributed by atoms with van der Waals surface area (Å²) in [5.41, 5.74) is 0.385.